The van der Waals surface area contributed by atoms with E-state index < -0.39 is 18.4 Å². The lowest BCUT2D eigenvalue weighted by molar-refractivity contribution is -0.145. The van der Waals surface area contributed by atoms with Gasteiger partial charge in [0.2, 0.25) is 0 Å². The molecule has 0 aromatic rings. The average molecular weight is 274 g/mol. The lowest BCUT2D eigenvalue weighted by Gasteiger charge is -2.03. The van der Waals surface area contributed by atoms with Crippen molar-refractivity contribution < 1.29 is 19.1 Å². The van der Waals surface area contributed by atoms with Crippen LogP contribution in [0.25, 0.3) is 0 Å². The lowest BCUT2D eigenvalue weighted by atomic mass is 10.4. The van der Waals surface area contributed by atoms with Crippen molar-refractivity contribution >= 4 is 45.9 Å². The molecule has 0 saturated heterocycles. The van der Waals surface area contributed by atoms with Crippen molar-refractivity contribution in [2.24, 2.45) is 9.98 Å². The Morgan fingerprint density at radius 3 is 1.82 bits per heavy atom. The summed E-state index contributed by atoms with van der Waals surface area (Å²) in [5.74, 6) is 0.319. The van der Waals surface area contributed by atoms with Gasteiger partial charge in [-0.2, -0.15) is 0 Å². The third-order valence-electron chi connectivity index (χ3n) is 1.81. The zero-order valence-corrected chi connectivity index (χ0v) is 10.5. The highest BCUT2D eigenvalue weighted by molar-refractivity contribution is 8.14. The minimum atomic E-state index is -0.647. The Balaban J connectivity index is 1.72. The van der Waals surface area contributed by atoms with Crippen molar-refractivity contribution in [1.29, 1.82) is 0 Å². The summed E-state index contributed by atoms with van der Waals surface area (Å²) in [6.45, 7) is 1.29. The molecular formula is C9H10N2O4S2. The predicted molar refractivity (Wildman–Crippen MR) is 66.3 cm³/mol. The van der Waals surface area contributed by atoms with Gasteiger partial charge in [0.05, 0.1) is 13.1 Å². The molecule has 2 rings (SSSR count). The maximum atomic E-state index is 11.3. The van der Waals surface area contributed by atoms with E-state index in [1.807, 2.05) is 0 Å². The van der Waals surface area contributed by atoms with E-state index in [-0.39, 0.29) is 0 Å². The van der Waals surface area contributed by atoms with Gasteiger partial charge in [0.15, 0.2) is 0 Å². The number of carbonyl (C=O) groups excluding carboxylic acids is 2. The summed E-state index contributed by atoms with van der Waals surface area (Å²) in [4.78, 5) is 30.5. The molecule has 0 radical (unpaired) electrons. The third-order valence-corrected chi connectivity index (χ3v) is 3.50. The summed E-state index contributed by atoms with van der Waals surface area (Å²) in [6.07, 6.45) is -0.418. The highest BCUT2D eigenvalue weighted by Crippen LogP contribution is 2.15. The Kier molecular flexibility index (Phi) is 4.43. The monoisotopic (exact) mass is 274 g/mol. The smallest absolute Gasteiger partial charge is 0.324 e. The molecule has 0 amide bonds. The van der Waals surface area contributed by atoms with Crippen molar-refractivity contribution in [2.45, 2.75) is 6.42 Å². The van der Waals surface area contributed by atoms with E-state index in [0.29, 0.717) is 23.5 Å². The summed E-state index contributed by atoms with van der Waals surface area (Å²) in [7, 11) is 0. The zero-order chi connectivity index (χ0) is 12.1. The van der Waals surface area contributed by atoms with Crippen LogP contribution in [-0.4, -0.2) is 47.0 Å². The number of nitrogens with zero attached hydrogens (tertiary/aromatic N) is 2. The third kappa shape index (κ3) is 4.04. The number of aliphatic imine (C=N–C) groups is 2. The van der Waals surface area contributed by atoms with E-state index in [1.165, 1.54) is 23.5 Å². The summed E-state index contributed by atoms with van der Waals surface area (Å²) in [5.41, 5.74) is 0. The second-order valence-electron chi connectivity index (χ2n) is 3.12. The number of hydrogen-bond donors (Lipinski definition) is 0. The molecule has 0 unspecified atom stereocenters. The molecule has 0 aliphatic carbocycles. The molecule has 2 heterocycles. The van der Waals surface area contributed by atoms with E-state index in [9.17, 15) is 9.59 Å². The minimum Gasteiger partial charge on any atom is -0.401 e. The van der Waals surface area contributed by atoms with Gasteiger partial charge in [-0.25, -0.2) is 9.98 Å². The number of hydrogen-bond acceptors (Lipinski definition) is 8. The van der Waals surface area contributed by atoms with E-state index in [0.717, 1.165) is 11.5 Å². The molecule has 17 heavy (non-hydrogen) atoms. The minimum absolute atomic E-state index is 0.329. The van der Waals surface area contributed by atoms with Gasteiger partial charge >= 0.3 is 11.9 Å². The van der Waals surface area contributed by atoms with Crippen LogP contribution in [0, 0.1) is 0 Å². The van der Waals surface area contributed by atoms with Crippen LogP contribution in [0.2, 0.25) is 0 Å². The van der Waals surface area contributed by atoms with E-state index in [1.54, 1.807) is 0 Å². The largest absolute Gasteiger partial charge is 0.401 e. The normalized spacial score (nSPS) is 18.6. The molecule has 0 aromatic carbocycles. The fourth-order valence-corrected chi connectivity index (χ4v) is 2.52. The SMILES string of the molecule is O=C(CC(=O)OC1=NCCS1)OC1=NCCS1. The van der Waals surface area contributed by atoms with Crippen LogP contribution >= 0.6 is 23.5 Å². The van der Waals surface area contributed by atoms with Crippen molar-refractivity contribution in [1.82, 2.24) is 0 Å². The second kappa shape index (κ2) is 6.06. The number of carbonyl (C=O) groups is 2. The first kappa shape index (κ1) is 12.4. The van der Waals surface area contributed by atoms with Crippen LogP contribution in [0.1, 0.15) is 6.42 Å². The fraction of sp³-hybridized carbons (Fsp3) is 0.556. The molecule has 6 nitrogen and oxygen atoms in total. The maximum absolute atomic E-state index is 11.3. The van der Waals surface area contributed by atoms with Crippen LogP contribution < -0.4 is 0 Å². The molecule has 2 aliphatic heterocycles. The molecular weight excluding hydrogens is 264 g/mol. The molecule has 8 heteroatoms. The Hall–Kier alpha value is -1.02. The standard InChI is InChI=1S/C9H10N2O4S2/c12-6(14-8-10-1-3-16-8)5-7(13)15-9-11-2-4-17-9/h1-5H2. The Morgan fingerprint density at radius 1 is 1.00 bits per heavy atom. The van der Waals surface area contributed by atoms with Gasteiger partial charge in [-0.15, -0.1) is 0 Å². The van der Waals surface area contributed by atoms with Crippen molar-refractivity contribution in [2.75, 3.05) is 24.6 Å². The van der Waals surface area contributed by atoms with Crippen LogP contribution in [-0.2, 0) is 19.1 Å². The summed E-state index contributed by atoms with van der Waals surface area (Å²) >= 11 is 2.72. The molecule has 2 aliphatic rings. The predicted octanol–water partition coefficient (Wildman–Crippen LogP) is 0.668. The van der Waals surface area contributed by atoms with Gasteiger partial charge in [0.25, 0.3) is 10.5 Å². The fourth-order valence-electron chi connectivity index (χ4n) is 1.14. The van der Waals surface area contributed by atoms with Crippen LogP contribution in [0.5, 0.6) is 0 Å². The molecule has 0 bridgehead atoms. The van der Waals surface area contributed by atoms with Gasteiger partial charge in [0, 0.05) is 11.5 Å². The van der Waals surface area contributed by atoms with Gasteiger partial charge < -0.3 is 9.47 Å². The van der Waals surface area contributed by atoms with Crippen molar-refractivity contribution in [3.63, 3.8) is 0 Å². The summed E-state index contributed by atoms with van der Waals surface area (Å²) in [5, 5.41) is 0.658. The molecule has 0 spiro atoms. The summed E-state index contributed by atoms with van der Waals surface area (Å²) < 4.78 is 9.75. The van der Waals surface area contributed by atoms with Gasteiger partial charge in [0.1, 0.15) is 6.42 Å². The van der Waals surface area contributed by atoms with Gasteiger partial charge in [-0.3, -0.25) is 9.59 Å². The molecule has 0 aromatic heterocycles. The van der Waals surface area contributed by atoms with E-state index in [2.05, 4.69) is 9.98 Å². The van der Waals surface area contributed by atoms with E-state index >= 15 is 0 Å². The van der Waals surface area contributed by atoms with Crippen molar-refractivity contribution in [3.05, 3.63) is 0 Å². The quantitative estimate of drug-likeness (QED) is 0.544. The first-order valence-corrected chi connectivity index (χ1v) is 6.97. The Labute approximate surface area is 106 Å². The molecule has 92 valence electrons. The van der Waals surface area contributed by atoms with Crippen LogP contribution in [0.4, 0.5) is 0 Å². The number of rotatable bonds is 2. The first-order valence-electron chi connectivity index (χ1n) is 5.00. The first-order chi connectivity index (χ1) is 8.24. The highest BCUT2D eigenvalue weighted by Gasteiger charge is 2.20. The Bertz CT molecular complexity index is 358. The Morgan fingerprint density at radius 2 is 1.47 bits per heavy atom. The molecule has 0 saturated carbocycles. The number of esters is 2. The molecule has 0 fully saturated rings. The van der Waals surface area contributed by atoms with E-state index in [4.69, 9.17) is 9.47 Å². The zero-order valence-electron chi connectivity index (χ0n) is 8.88. The lowest BCUT2D eigenvalue weighted by Crippen LogP contribution is -2.17. The topological polar surface area (TPSA) is 77.3 Å². The second-order valence-corrected chi connectivity index (χ2v) is 5.21. The number of thioether (sulfide) groups is 2. The van der Waals surface area contributed by atoms with Crippen LogP contribution in [0.15, 0.2) is 9.98 Å². The van der Waals surface area contributed by atoms with Gasteiger partial charge in [-0.05, 0) is 0 Å². The van der Waals surface area contributed by atoms with Gasteiger partial charge in [-0.1, -0.05) is 23.5 Å². The number of ether oxygens (including phenoxy) is 2. The molecule has 0 atom stereocenters. The average Bonchev–Trinajstić information content (AvgIpc) is 2.90. The maximum Gasteiger partial charge on any atom is 0.324 e. The highest BCUT2D eigenvalue weighted by atomic mass is 32.2. The summed E-state index contributed by atoms with van der Waals surface area (Å²) in [6, 6.07) is 0. The van der Waals surface area contributed by atoms with Crippen LogP contribution in [0.3, 0.4) is 0 Å². The molecule has 0 N–H and O–H groups in total. The van der Waals surface area contributed by atoms with Crippen molar-refractivity contribution in [3.8, 4) is 0 Å².